The van der Waals surface area contributed by atoms with Crippen LogP contribution in [-0.2, 0) is 11.2 Å². The van der Waals surface area contributed by atoms with Crippen molar-refractivity contribution in [3.8, 4) is 0 Å². The number of benzene rings is 2. The molecule has 2 aromatic rings. The standard InChI is InChI=1S/C19H24N2O.2ClH/c1-2-7-18-16(4-1)5-3-6-17(18)8-11-21-12-13-22-19(15-21)9-10-20-14-19;;/h1-7,20H,8-15H2;2*1H. The van der Waals surface area contributed by atoms with Gasteiger partial charge in [0.2, 0.25) is 0 Å². The smallest absolute Gasteiger partial charge is 0.0944 e. The highest BCUT2D eigenvalue weighted by atomic mass is 35.5. The first-order valence-corrected chi connectivity index (χ1v) is 8.38. The minimum absolute atomic E-state index is 0. The Morgan fingerprint density at radius 1 is 1.08 bits per heavy atom. The molecule has 0 aromatic heterocycles. The fourth-order valence-corrected chi connectivity index (χ4v) is 3.88. The molecule has 2 fully saturated rings. The van der Waals surface area contributed by atoms with E-state index in [2.05, 4.69) is 52.7 Å². The molecule has 0 aliphatic carbocycles. The van der Waals surface area contributed by atoms with E-state index in [1.165, 1.54) is 16.3 Å². The van der Waals surface area contributed by atoms with Gasteiger partial charge in [-0.2, -0.15) is 0 Å². The minimum atomic E-state index is 0. The van der Waals surface area contributed by atoms with Crippen LogP contribution in [0.5, 0.6) is 0 Å². The highest BCUT2D eigenvalue weighted by Crippen LogP contribution is 2.25. The van der Waals surface area contributed by atoms with E-state index in [1.807, 2.05) is 0 Å². The van der Waals surface area contributed by atoms with Gasteiger partial charge in [0, 0.05) is 26.2 Å². The Morgan fingerprint density at radius 3 is 2.75 bits per heavy atom. The first kappa shape index (κ1) is 19.5. The third-order valence-electron chi connectivity index (χ3n) is 5.11. The van der Waals surface area contributed by atoms with Gasteiger partial charge in [0.25, 0.3) is 0 Å². The molecule has 3 nitrogen and oxygen atoms in total. The average Bonchev–Trinajstić information content (AvgIpc) is 3.00. The highest BCUT2D eigenvalue weighted by molar-refractivity contribution is 5.86. The molecule has 132 valence electrons. The van der Waals surface area contributed by atoms with E-state index in [0.29, 0.717) is 0 Å². The van der Waals surface area contributed by atoms with Gasteiger partial charge in [-0.25, -0.2) is 0 Å². The number of ether oxygens (including phenoxy) is 1. The molecule has 2 aliphatic rings. The van der Waals surface area contributed by atoms with Gasteiger partial charge < -0.3 is 10.1 Å². The van der Waals surface area contributed by atoms with E-state index in [9.17, 15) is 0 Å². The number of hydrogen-bond donors (Lipinski definition) is 1. The van der Waals surface area contributed by atoms with E-state index in [1.54, 1.807) is 0 Å². The van der Waals surface area contributed by atoms with Crippen LogP contribution in [0.4, 0.5) is 0 Å². The summed E-state index contributed by atoms with van der Waals surface area (Å²) in [5.41, 5.74) is 1.54. The van der Waals surface area contributed by atoms with Crippen LogP contribution in [0.3, 0.4) is 0 Å². The van der Waals surface area contributed by atoms with Crippen LogP contribution in [0.2, 0.25) is 0 Å². The summed E-state index contributed by atoms with van der Waals surface area (Å²) < 4.78 is 6.07. The topological polar surface area (TPSA) is 24.5 Å². The maximum absolute atomic E-state index is 6.07. The zero-order valence-electron chi connectivity index (χ0n) is 13.9. The van der Waals surface area contributed by atoms with E-state index >= 15 is 0 Å². The number of nitrogens with zero attached hydrogens (tertiary/aromatic N) is 1. The van der Waals surface area contributed by atoms with Gasteiger partial charge in [0.15, 0.2) is 0 Å². The van der Waals surface area contributed by atoms with Crippen LogP contribution in [-0.4, -0.2) is 49.8 Å². The summed E-state index contributed by atoms with van der Waals surface area (Å²) >= 11 is 0. The van der Waals surface area contributed by atoms with Gasteiger partial charge >= 0.3 is 0 Å². The Bertz CT molecular complexity index is 653. The summed E-state index contributed by atoms with van der Waals surface area (Å²) in [6.07, 6.45) is 2.27. The van der Waals surface area contributed by atoms with Crippen molar-refractivity contribution in [3.05, 3.63) is 48.0 Å². The Labute approximate surface area is 156 Å². The molecule has 24 heavy (non-hydrogen) atoms. The van der Waals surface area contributed by atoms with Crippen LogP contribution in [0, 0.1) is 0 Å². The lowest BCUT2D eigenvalue weighted by Crippen LogP contribution is -2.53. The van der Waals surface area contributed by atoms with Crippen molar-refractivity contribution in [2.45, 2.75) is 18.4 Å². The summed E-state index contributed by atoms with van der Waals surface area (Å²) in [4.78, 5) is 2.58. The molecule has 0 amide bonds. The van der Waals surface area contributed by atoms with Gasteiger partial charge in [-0.05, 0) is 35.7 Å². The number of rotatable bonds is 3. The average molecular weight is 369 g/mol. The van der Waals surface area contributed by atoms with E-state index in [4.69, 9.17) is 4.74 Å². The number of hydrogen-bond acceptors (Lipinski definition) is 3. The monoisotopic (exact) mass is 368 g/mol. The van der Waals surface area contributed by atoms with Crippen LogP contribution in [0.25, 0.3) is 10.8 Å². The Kier molecular flexibility index (Phi) is 6.90. The normalized spacial score (nSPS) is 23.8. The van der Waals surface area contributed by atoms with Gasteiger partial charge in [0.05, 0.1) is 12.2 Å². The second kappa shape index (κ2) is 8.50. The summed E-state index contributed by atoms with van der Waals surface area (Å²) in [7, 11) is 0. The number of halogens is 2. The lowest BCUT2D eigenvalue weighted by Gasteiger charge is -2.40. The molecule has 4 rings (SSSR count). The van der Waals surface area contributed by atoms with E-state index < -0.39 is 0 Å². The third-order valence-corrected chi connectivity index (χ3v) is 5.11. The van der Waals surface area contributed by atoms with Gasteiger partial charge in [-0.15, -0.1) is 24.8 Å². The molecule has 5 heteroatoms. The molecule has 1 unspecified atom stereocenters. The minimum Gasteiger partial charge on any atom is -0.371 e. The lowest BCUT2D eigenvalue weighted by molar-refractivity contribution is -0.0958. The summed E-state index contributed by atoms with van der Waals surface area (Å²) in [5.74, 6) is 0. The Balaban J connectivity index is 0.00000104. The molecular weight excluding hydrogens is 343 g/mol. The van der Waals surface area contributed by atoms with E-state index in [0.717, 1.165) is 52.2 Å². The quantitative estimate of drug-likeness (QED) is 0.899. The molecule has 0 bridgehead atoms. The molecule has 2 heterocycles. The molecule has 1 atom stereocenters. The summed E-state index contributed by atoms with van der Waals surface area (Å²) in [6.45, 7) is 6.24. The second-order valence-electron chi connectivity index (χ2n) is 6.62. The second-order valence-corrected chi connectivity index (χ2v) is 6.62. The van der Waals surface area contributed by atoms with Crippen molar-refractivity contribution in [2.24, 2.45) is 0 Å². The van der Waals surface area contributed by atoms with Gasteiger partial charge in [0.1, 0.15) is 0 Å². The van der Waals surface area contributed by atoms with E-state index in [-0.39, 0.29) is 30.4 Å². The molecular formula is C19H26Cl2N2O. The maximum Gasteiger partial charge on any atom is 0.0944 e. The van der Waals surface area contributed by atoms with Crippen molar-refractivity contribution in [2.75, 3.05) is 39.3 Å². The van der Waals surface area contributed by atoms with Crippen LogP contribution >= 0.6 is 24.8 Å². The van der Waals surface area contributed by atoms with Crippen LogP contribution in [0.1, 0.15) is 12.0 Å². The van der Waals surface area contributed by atoms with Gasteiger partial charge in [-0.3, -0.25) is 4.90 Å². The van der Waals surface area contributed by atoms with Crippen LogP contribution < -0.4 is 5.32 Å². The molecule has 2 aliphatic heterocycles. The number of morpholine rings is 1. The first-order chi connectivity index (χ1) is 10.8. The Hall–Kier alpha value is -0.840. The van der Waals surface area contributed by atoms with Crippen molar-refractivity contribution < 1.29 is 4.74 Å². The summed E-state index contributed by atoms with van der Waals surface area (Å²) in [6, 6.07) is 15.4. The molecule has 0 radical (unpaired) electrons. The lowest BCUT2D eigenvalue weighted by atomic mass is 9.99. The number of fused-ring (bicyclic) bond motifs is 1. The molecule has 1 N–H and O–H groups in total. The molecule has 2 aromatic carbocycles. The highest BCUT2D eigenvalue weighted by Gasteiger charge is 2.38. The fraction of sp³-hybridized carbons (Fsp3) is 0.474. The largest absolute Gasteiger partial charge is 0.371 e. The predicted molar refractivity (Wildman–Crippen MR) is 105 cm³/mol. The molecule has 0 saturated carbocycles. The van der Waals surface area contributed by atoms with Crippen molar-refractivity contribution >= 4 is 35.6 Å². The van der Waals surface area contributed by atoms with Crippen molar-refractivity contribution in [1.82, 2.24) is 10.2 Å². The SMILES string of the molecule is Cl.Cl.c1ccc2c(CCN3CCOC4(CCNC4)C3)cccc2c1. The fourth-order valence-electron chi connectivity index (χ4n) is 3.88. The first-order valence-electron chi connectivity index (χ1n) is 8.38. The number of nitrogens with one attached hydrogen (secondary N) is 1. The molecule has 2 saturated heterocycles. The van der Waals surface area contributed by atoms with Crippen molar-refractivity contribution in [1.29, 1.82) is 0 Å². The van der Waals surface area contributed by atoms with Gasteiger partial charge in [-0.1, -0.05) is 42.5 Å². The zero-order valence-corrected chi connectivity index (χ0v) is 15.5. The molecule has 1 spiro atoms. The summed E-state index contributed by atoms with van der Waals surface area (Å²) in [5, 5.41) is 6.19. The van der Waals surface area contributed by atoms with Crippen molar-refractivity contribution in [3.63, 3.8) is 0 Å². The third kappa shape index (κ3) is 4.04. The van der Waals surface area contributed by atoms with Crippen LogP contribution in [0.15, 0.2) is 42.5 Å². The Morgan fingerprint density at radius 2 is 1.92 bits per heavy atom. The predicted octanol–water partition coefficient (Wildman–Crippen LogP) is 3.29. The maximum atomic E-state index is 6.07. The zero-order chi connectivity index (χ0) is 14.8.